The topological polar surface area (TPSA) is 94.3 Å². The Balaban J connectivity index is -0.000000249. The van der Waals surface area contributed by atoms with E-state index in [0.29, 0.717) is 6.04 Å². The van der Waals surface area contributed by atoms with Crippen molar-refractivity contribution in [1.29, 1.82) is 0 Å². The number of rotatable bonds is 15. The van der Waals surface area contributed by atoms with Crippen molar-refractivity contribution in [3.8, 4) is 0 Å². The second-order valence-electron chi connectivity index (χ2n) is 8.93. The third kappa shape index (κ3) is 22.8. The number of carboxylic acids is 1. The molecule has 0 aromatic heterocycles. The molecule has 0 saturated carbocycles. The minimum absolute atomic E-state index is 0. The van der Waals surface area contributed by atoms with E-state index in [1.165, 1.54) is 76.7 Å². The zero-order valence-electron chi connectivity index (χ0n) is 21.7. The summed E-state index contributed by atoms with van der Waals surface area (Å²) < 4.78 is 1.00. The van der Waals surface area contributed by atoms with Gasteiger partial charge in [-0.3, -0.25) is 0 Å². The number of halogens is 1. The van der Waals surface area contributed by atoms with Crippen molar-refractivity contribution in [2.24, 2.45) is 0 Å². The summed E-state index contributed by atoms with van der Waals surface area (Å²) in [5.74, 6) is -0.935. The van der Waals surface area contributed by atoms with Gasteiger partial charge in [0.05, 0.1) is 14.1 Å². The summed E-state index contributed by atoms with van der Waals surface area (Å²) in [6.45, 7) is 12.1. The van der Waals surface area contributed by atoms with Gasteiger partial charge in [-0.15, -0.1) is 0 Å². The second-order valence-corrected chi connectivity index (χ2v) is 8.93. The molecule has 7 heteroatoms. The first-order valence-corrected chi connectivity index (χ1v) is 11.6. The van der Waals surface area contributed by atoms with Crippen molar-refractivity contribution in [1.82, 2.24) is 0 Å². The number of carboxylic acid groups (broad SMARTS) is 1. The molecule has 0 fully saturated rings. The number of quaternary nitrogens is 1. The third-order valence-electron chi connectivity index (χ3n) is 5.57. The van der Waals surface area contributed by atoms with E-state index in [2.05, 4.69) is 70.6 Å². The first-order chi connectivity index (χ1) is 14.2. The predicted octanol–water partition coefficient (Wildman–Crippen LogP) is 4.15. The number of carbonyl (C=O) groups is 1. The quantitative estimate of drug-likeness (QED) is 0.121. The maximum absolute atomic E-state index is 9.60. The standard InChI is InChI=1S/C23H40N.C4H6O2.ClH.2O.Ti/c1-5-7-8-9-10-11-12-13-17-20-23(6-2)24(3,4)21-22-18-15-14-16-19-22;1-3(2)4(5)6;;;;/h6,14-16,18-19,23H,2,5,7-13,17,20-21H2,1,3-4H3;1H2,2H3,(H,5,6);1H;;;/q+1;;;2*-2;+4/p-1. The average Bonchev–Trinajstić information content (AvgIpc) is 2.70. The van der Waals surface area contributed by atoms with Gasteiger partial charge in [0.25, 0.3) is 0 Å². The zero-order chi connectivity index (χ0) is 22.8. The summed E-state index contributed by atoms with van der Waals surface area (Å²) in [6.07, 6.45) is 16.0. The molecular weight excluding hydrogens is 486 g/mol. The smallest absolute Gasteiger partial charge is 2.00 e. The van der Waals surface area contributed by atoms with Gasteiger partial charge in [-0.05, 0) is 19.4 Å². The SMILES string of the molecule is C=C(C)C(=O)O.C=CC(CCCCCCCCCCC)[N+](C)(C)Cc1ccccc1.[Cl-].[O-2].[O-2].[Ti+4]. The fourth-order valence-electron chi connectivity index (χ4n) is 3.59. The Kier molecular flexibility index (Phi) is 33.8. The molecule has 1 unspecified atom stereocenters. The molecule has 1 aromatic carbocycles. The van der Waals surface area contributed by atoms with Gasteiger partial charge < -0.3 is 32.9 Å². The molecule has 1 rings (SSSR count). The number of likely N-dealkylation sites (N-methyl/N-ethyl adjacent to an activating group) is 1. The predicted molar refractivity (Wildman–Crippen MR) is 132 cm³/mol. The van der Waals surface area contributed by atoms with Gasteiger partial charge in [0.15, 0.2) is 0 Å². The van der Waals surface area contributed by atoms with Crippen LogP contribution in [0.3, 0.4) is 0 Å². The Bertz CT molecular complexity index is 600. The Morgan fingerprint density at radius 1 is 0.971 bits per heavy atom. The van der Waals surface area contributed by atoms with E-state index < -0.39 is 5.97 Å². The first-order valence-electron chi connectivity index (χ1n) is 11.6. The summed E-state index contributed by atoms with van der Waals surface area (Å²) in [5, 5.41) is 7.89. The Hall–Kier alpha value is -0.946. The summed E-state index contributed by atoms with van der Waals surface area (Å²) in [7, 11) is 4.68. The van der Waals surface area contributed by atoms with E-state index in [-0.39, 0.29) is 50.7 Å². The van der Waals surface area contributed by atoms with Gasteiger partial charge >= 0.3 is 27.7 Å². The van der Waals surface area contributed by atoms with Gasteiger partial charge in [-0.2, -0.15) is 0 Å². The number of benzene rings is 1. The molecule has 0 saturated heterocycles. The minimum Gasteiger partial charge on any atom is -2.00 e. The summed E-state index contributed by atoms with van der Waals surface area (Å²) in [6, 6.07) is 11.4. The molecule has 0 heterocycles. The van der Waals surface area contributed by atoms with Gasteiger partial charge in [0.1, 0.15) is 12.6 Å². The van der Waals surface area contributed by atoms with Crippen LogP contribution in [0.25, 0.3) is 0 Å². The maximum atomic E-state index is 9.60. The number of hydrogen-bond acceptors (Lipinski definition) is 1. The minimum atomic E-state index is -0.935. The van der Waals surface area contributed by atoms with E-state index in [1.54, 1.807) is 0 Å². The van der Waals surface area contributed by atoms with E-state index in [1.807, 2.05) is 0 Å². The van der Waals surface area contributed by atoms with Crippen LogP contribution in [0.4, 0.5) is 0 Å². The molecule has 0 aliphatic carbocycles. The summed E-state index contributed by atoms with van der Waals surface area (Å²) in [4.78, 5) is 9.60. The molecule has 1 atom stereocenters. The van der Waals surface area contributed by atoms with E-state index in [0.717, 1.165) is 11.0 Å². The molecule has 0 amide bonds. The van der Waals surface area contributed by atoms with E-state index >= 15 is 0 Å². The molecule has 5 nitrogen and oxygen atoms in total. The molecule has 0 radical (unpaired) electrons. The van der Waals surface area contributed by atoms with Crippen molar-refractivity contribution in [2.45, 2.75) is 90.6 Å². The molecule has 34 heavy (non-hydrogen) atoms. The van der Waals surface area contributed by atoms with Crippen LogP contribution in [0, 0.1) is 0 Å². The van der Waals surface area contributed by atoms with Crippen molar-refractivity contribution in [3.05, 3.63) is 60.7 Å². The van der Waals surface area contributed by atoms with Crippen molar-refractivity contribution in [2.75, 3.05) is 14.1 Å². The van der Waals surface area contributed by atoms with Crippen LogP contribution in [-0.2, 0) is 44.0 Å². The van der Waals surface area contributed by atoms with E-state index in [4.69, 9.17) is 5.11 Å². The van der Waals surface area contributed by atoms with Crippen molar-refractivity contribution >= 4 is 5.97 Å². The van der Waals surface area contributed by atoms with Crippen LogP contribution < -0.4 is 12.4 Å². The first kappa shape index (κ1) is 43.2. The Morgan fingerprint density at radius 2 is 1.38 bits per heavy atom. The molecular formula is C27H46ClNO4Ti. The molecule has 0 spiro atoms. The van der Waals surface area contributed by atoms with Crippen LogP contribution in [0.1, 0.15) is 83.6 Å². The molecule has 0 aliphatic rings. The van der Waals surface area contributed by atoms with Gasteiger partial charge in [0, 0.05) is 17.6 Å². The van der Waals surface area contributed by atoms with E-state index in [9.17, 15) is 4.79 Å². The molecule has 0 aliphatic heterocycles. The molecule has 1 N–H and O–H groups in total. The Morgan fingerprint density at radius 3 is 1.76 bits per heavy atom. The largest absolute Gasteiger partial charge is 4.00 e. The van der Waals surface area contributed by atoms with Crippen LogP contribution in [0.2, 0.25) is 0 Å². The van der Waals surface area contributed by atoms with Crippen LogP contribution in [0.15, 0.2) is 55.1 Å². The van der Waals surface area contributed by atoms with Crippen molar-refractivity contribution < 1.29 is 59.5 Å². The van der Waals surface area contributed by atoms with Crippen LogP contribution in [0.5, 0.6) is 0 Å². The van der Waals surface area contributed by atoms with Gasteiger partial charge in [0.2, 0.25) is 0 Å². The fourth-order valence-corrected chi connectivity index (χ4v) is 3.59. The molecule has 0 bridgehead atoms. The number of aliphatic carboxylic acids is 1. The van der Waals surface area contributed by atoms with Crippen molar-refractivity contribution in [3.63, 3.8) is 0 Å². The summed E-state index contributed by atoms with van der Waals surface area (Å²) >= 11 is 0. The van der Waals surface area contributed by atoms with Crippen LogP contribution in [-0.4, -0.2) is 35.7 Å². The maximum Gasteiger partial charge on any atom is 4.00 e. The van der Waals surface area contributed by atoms with Crippen LogP contribution >= 0.6 is 0 Å². The molecule has 194 valence electrons. The monoisotopic (exact) mass is 531 g/mol. The Labute approximate surface area is 230 Å². The second kappa shape index (κ2) is 26.7. The van der Waals surface area contributed by atoms with Gasteiger partial charge in [-0.1, -0.05) is 102 Å². The normalized spacial score (nSPS) is 10.5. The van der Waals surface area contributed by atoms with Gasteiger partial charge in [-0.25, -0.2) is 4.79 Å². The fraction of sp³-hybridized carbons (Fsp3) is 0.593. The summed E-state index contributed by atoms with van der Waals surface area (Å²) in [5.41, 5.74) is 1.59. The average molecular weight is 532 g/mol. The molecule has 1 aromatic rings. The number of unbranched alkanes of at least 4 members (excludes halogenated alkanes) is 8. The zero-order valence-corrected chi connectivity index (χ0v) is 24.0. The third-order valence-corrected chi connectivity index (χ3v) is 5.57. The number of hydrogen-bond donors (Lipinski definition) is 1. The number of nitrogens with zero attached hydrogens (tertiary/aromatic N) is 1.